The highest BCUT2D eigenvalue weighted by Gasteiger charge is 1.87. The van der Waals surface area contributed by atoms with Gasteiger partial charge in [0.1, 0.15) is 10.5 Å². The van der Waals surface area contributed by atoms with Gasteiger partial charge in [0.2, 0.25) is 0 Å². The van der Waals surface area contributed by atoms with Gasteiger partial charge in [-0.1, -0.05) is 45.1 Å². The van der Waals surface area contributed by atoms with Crippen molar-refractivity contribution in [2.24, 2.45) is 0 Å². The highest BCUT2D eigenvalue weighted by atomic mass is 28.2. The summed E-state index contributed by atoms with van der Waals surface area (Å²) in [7, 11) is 2.55. The lowest BCUT2D eigenvalue weighted by Gasteiger charge is -1.98. The standard InChI is InChI=1S/C8H20OSi.C4H8O/c1-2-3-4-5-6-7-8-9-10;1-3-4-5-2/h2-8H2,1,10H3;3H,1,4H2,2H3. The van der Waals surface area contributed by atoms with Gasteiger partial charge >= 0.3 is 0 Å². The van der Waals surface area contributed by atoms with Gasteiger partial charge in [-0.15, -0.1) is 6.58 Å². The maximum Gasteiger partial charge on any atom is 0.145 e. The van der Waals surface area contributed by atoms with E-state index in [4.69, 9.17) is 4.43 Å². The Morgan fingerprint density at radius 2 is 1.73 bits per heavy atom. The zero-order valence-corrected chi connectivity index (χ0v) is 12.8. The van der Waals surface area contributed by atoms with Crippen LogP contribution in [0.5, 0.6) is 0 Å². The minimum Gasteiger partial charge on any atom is -0.428 e. The van der Waals surface area contributed by atoms with E-state index in [2.05, 4.69) is 18.2 Å². The highest BCUT2D eigenvalue weighted by Crippen LogP contribution is 2.04. The molecule has 0 spiro atoms. The van der Waals surface area contributed by atoms with Gasteiger partial charge in [0, 0.05) is 13.7 Å². The first-order valence-corrected chi connectivity index (χ1v) is 6.73. The van der Waals surface area contributed by atoms with Crippen molar-refractivity contribution in [1.82, 2.24) is 0 Å². The maximum absolute atomic E-state index is 5.09. The lowest BCUT2D eigenvalue weighted by molar-refractivity contribution is 0.234. The predicted molar refractivity (Wildman–Crippen MR) is 71.3 cm³/mol. The molecule has 0 radical (unpaired) electrons. The maximum atomic E-state index is 5.09. The fourth-order valence-corrected chi connectivity index (χ4v) is 1.43. The molecule has 0 aromatic heterocycles. The number of hydrogen-bond donors (Lipinski definition) is 0. The molecule has 0 amide bonds. The van der Waals surface area contributed by atoms with Crippen molar-refractivity contribution in [2.75, 3.05) is 20.3 Å². The molecule has 92 valence electrons. The van der Waals surface area contributed by atoms with Crippen LogP contribution in [0, 0.1) is 0 Å². The van der Waals surface area contributed by atoms with E-state index in [1.807, 2.05) is 0 Å². The molecule has 2 nitrogen and oxygen atoms in total. The van der Waals surface area contributed by atoms with Gasteiger partial charge in [-0.05, 0) is 6.42 Å². The van der Waals surface area contributed by atoms with Gasteiger partial charge in [0.25, 0.3) is 0 Å². The largest absolute Gasteiger partial charge is 0.428 e. The predicted octanol–water partition coefficient (Wildman–Crippen LogP) is 2.46. The molecule has 0 heterocycles. The summed E-state index contributed by atoms with van der Waals surface area (Å²) < 4.78 is 9.66. The smallest absolute Gasteiger partial charge is 0.145 e. The second-order valence-electron chi connectivity index (χ2n) is 3.50. The Morgan fingerprint density at radius 3 is 2.13 bits per heavy atom. The van der Waals surface area contributed by atoms with Crippen LogP contribution in [-0.4, -0.2) is 30.8 Å². The second kappa shape index (κ2) is 19.4. The molecule has 0 aromatic rings. The van der Waals surface area contributed by atoms with Gasteiger partial charge in [-0.25, -0.2) is 0 Å². The third-order valence-corrected chi connectivity index (χ3v) is 2.39. The van der Waals surface area contributed by atoms with Crippen LogP contribution in [0.25, 0.3) is 0 Å². The molecular weight excluding hydrogens is 204 g/mol. The van der Waals surface area contributed by atoms with Crippen molar-refractivity contribution in [3.05, 3.63) is 12.7 Å². The molecule has 0 unspecified atom stereocenters. The molecule has 0 N–H and O–H groups in total. The van der Waals surface area contributed by atoms with Crippen LogP contribution in [0.3, 0.4) is 0 Å². The topological polar surface area (TPSA) is 18.5 Å². The quantitative estimate of drug-likeness (QED) is 0.345. The Kier molecular flexibility index (Phi) is 22.4. The van der Waals surface area contributed by atoms with Crippen molar-refractivity contribution in [3.63, 3.8) is 0 Å². The third-order valence-electron chi connectivity index (χ3n) is 1.99. The summed E-state index contributed by atoms with van der Waals surface area (Å²) in [6.45, 7) is 7.33. The van der Waals surface area contributed by atoms with E-state index in [0.717, 1.165) is 17.1 Å². The van der Waals surface area contributed by atoms with Crippen LogP contribution in [0.4, 0.5) is 0 Å². The minimum absolute atomic E-state index is 0.653. The van der Waals surface area contributed by atoms with E-state index < -0.39 is 0 Å². The van der Waals surface area contributed by atoms with Crippen molar-refractivity contribution in [1.29, 1.82) is 0 Å². The van der Waals surface area contributed by atoms with E-state index in [1.165, 1.54) is 38.5 Å². The molecule has 0 aliphatic rings. The average Bonchev–Trinajstić information content (AvgIpc) is 2.25. The minimum atomic E-state index is 0.653. The lowest BCUT2D eigenvalue weighted by Crippen LogP contribution is -1.89. The van der Waals surface area contributed by atoms with Crippen LogP contribution in [0.15, 0.2) is 12.7 Å². The van der Waals surface area contributed by atoms with Gasteiger partial charge in [-0.3, -0.25) is 0 Å². The van der Waals surface area contributed by atoms with Gasteiger partial charge in [-0.2, -0.15) is 0 Å². The molecule has 0 fully saturated rings. The summed E-state index contributed by atoms with van der Waals surface area (Å²) >= 11 is 0. The molecule has 0 saturated carbocycles. The average molecular weight is 232 g/mol. The second-order valence-corrected chi connectivity index (χ2v) is 4.08. The van der Waals surface area contributed by atoms with Gasteiger partial charge in [0.05, 0.1) is 6.61 Å². The number of methoxy groups -OCH3 is 1. The van der Waals surface area contributed by atoms with Gasteiger partial charge < -0.3 is 9.16 Å². The summed E-state index contributed by atoms with van der Waals surface area (Å²) in [5.74, 6) is 0. The lowest BCUT2D eigenvalue weighted by atomic mass is 10.1. The number of unbranched alkanes of at least 4 members (excludes halogenated alkanes) is 5. The Morgan fingerprint density at radius 1 is 1.13 bits per heavy atom. The fraction of sp³-hybridized carbons (Fsp3) is 0.833. The summed E-state index contributed by atoms with van der Waals surface area (Å²) in [6, 6.07) is 0. The molecule has 0 aliphatic carbocycles. The normalized spacial score (nSPS) is 9.47. The number of ether oxygens (including phenoxy) is 1. The molecule has 0 rings (SSSR count). The van der Waals surface area contributed by atoms with Crippen LogP contribution in [-0.2, 0) is 9.16 Å². The zero-order valence-electron chi connectivity index (χ0n) is 10.8. The molecule has 0 saturated heterocycles. The first-order chi connectivity index (χ1) is 7.33. The van der Waals surface area contributed by atoms with Gasteiger partial charge in [0.15, 0.2) is 0 Å². The van der Waals surface area contributed by atoms with E-state index >= 15 is 0 Å². The summed E-state index contributed by atoms with van der Waals surface area (Å²) in [4.78, 5) is 0. The van der Waals surface area contributed by atoms with Crippen LogP contribution in [0.2, 0.25) is 0 Å². The molecule has 0 aliphatic heterocycles. The first kappa shape index (κ1) is 17.3. The Bertz CT molecular complexity index is 99.8. The van der Waals surface area contributed by atoms with E-state index in [0.29, 0.717) is 6.61 Å². The molecule has 3 heteroatoms. The Balaban J connectivity index is 0. The third kappa shape index (κ3) is 24.8. The van der Waals surface area contributed by atoms with E-state index in [1.54, 1.807) is 13.2 Å². The highest BCUT2D eigenvalue weighted by molar-refractivity contribution is 5.97. The van der Waals surface area contributed by atoms with Crippen molar-refractivity contribution in [2.45, 2.75) is 45.4 Å². The number of hydrogen-bond acceptors (Lipinski definition) is 2. The zero-order chi connectivity index (χ0) is 11.8. The number of rotatable bonds is 9. The Hall–Kier alpha value is -0.123. The van der Waals surface area contributed by atoms with Crippen molar-refractivity contribution >= 4 is 10.5 Å². The van der Waals surface area contributed by atoms with Crippen molar-refractivity contribution < 1.29 is 9.16 Å². The summed E-state index contributed by atoms with van der Waals surface area (Å²) in [5.41, 5.74) is 0. The van der Waals surface area contributed by atoms with Crippen LogP contribution in [0.1, 0.15) is 45.4 Å². The molecule has 0 atom stereocenters. The molecule has 0 aromatic carbocycles. The Labute approximate surface area is 98.6 Å². The monoisotopic (exact) mass is 232 g/mol. The van der Waals surface area contributed by atoms with E-state index in [-0.39, 0.29) is 0 Å². The summed E-state index contributed by atoms with van der Waals surface area (Å²) in [6.07, 6.45) is 9.91. The van der Waals surface area contributed by atoms with Crippen LogP contribution < -0.4 is 0 Å². The fourth-order valence-electron chi connectivity index (χ4n) is 1.14. The van der Waals surface area contributed by atoms with Crippen LogP contribution >= 0.6 is 0 Å². The van der Waals surface area contributed by atoms with E-state index in [9.17, 15) is 0 Å². The SMILES string of the molecule is C=CCOC.CCCCCCCCO[SiH3]. The van der Waals surface area contributed by atoms with Crippen molar-refractivity contribution in [3.8, 4) is 0 Å². The first-order valence-electron chi connectivity index (χ1n) is 5.92. The molecular formula is C12H28O2Si. The molecule has 0 bridgehead atoms. The summed E-state index contributed by atoms with van der Waals surface area (Å²) in [5, 5.41) is 0. The molecule has 15 heavy (non-hydrogen) atoms.